The van der Waals surface area contributed by atoms with Crippen LogP contribution in [0.1, 0.15) is 50.8 Å². The lowest BCUT2D eigenvalue weighted by molar-refractivity contribution is -0.0494. The topological polar surface area (TPSA) is 105 Å². The number of nitrogens with one attached hydrogen (secondary N) is 2. The molecule has 1 aromatic heterocycles. The number of imide groups is 1. The third-order valence-corrected chi connectivity index (χ3v) is 5.63. The van der Waals surface area contributed by atoms with E-state index in [1.54, 1.807) is 12.3 Å². The fourth-order valence-electron chi connectivity index (χ4n) is 3.07. The van der Waals surface area contributed by atoms with Crippen molar-refractivity contribution in [1.82, 2.24) is 10.2 Å². The van der Waals surface area contributed by atoms with Crippen molar-refractivity contribution in [3.8, 4) is 0 Å². The average molecular weight is 465 g/mol. The normalized spacial score (nSPS) is 15.0. The number of alkyl carbamates (subject to hydrolysis) is 1. The minimum Gasteiger partial charge on any atom is -0.450 e. The maximum atomic E-state index is 13.3. The van der Waals surface area contributed by atoms with Crippen molar-refractivity contribution in [1.29, 1.82) is 0 Å². The van der Waals surface area contributed by atoms with Crippen LogP contribution in [-0.2, 0) is 4.74 Å². The number of amides is 4. The molecule has 3 rings (SSSR count). The van der Waals surface area contributed by atoms with E-state index in [0.717, 1.165) is 11.3 Å². The molecule has 170 valence electrons. The number of nitrogens with zero attached hydrogens (tertiary/aromatic N) is 1. The summed E-state index contributed by atoms with van der Waals surface area (Å²) in [6.07, 6.45) is -1.63. The fourth-order valence-corrected chi connectivity index (χ4v) is 3.85. The van der Waals surface area contributed by atoms with Gasteiger partial charge in [-0.15, -0.1) is 11.3 Å². The van der Waals surface area contributed by atoms with Gasteiger partial charge >= 0.3 is 6.09 Å². The second-order valence-electron chi connectivity index (χ2n) is 7.02. The number of hydrogen-bond acceptors (Lipinski definition) is 6. The summed E-state index contributed by atoms with van der Waals surface area (Å²) in [6.45, 7) is 1.66. The van der Waals surface area contributed by atoms with E-state index in [1.807, 2.05) is 0 Å². The zero-order chi connectivity index (χ0) is 23.3. The molecule has 32 heavy (non-hydrogen) atoms. The van der Waals surface area contributed by atoms with E-state index in [0.29, 0.717) is 0 Å². The molecule has 1 saturated heterocycles. The Morgan fingerprint density at radius 3 is 2.28 bits per heavy atom. The predicted octanol–water partition coefficient (Wildman–Crippen LogP) is 3.76. The summed E-state index contributed by atoms with van der Waals surface area (Å²) in [5.74, 6) is -4.35. The quantitative estimate of drug-likeness (QED) is 0.700. The SMILES string of the molecule is CCOC(=O)NC(=O)c1ccsc1NC(=O)c1ccc(C(=O)N2CCC(F)(F)CC2)cc1. The van der Waals surface area contributed by atoms with E-state index >= 15 is 0 Å². The molecule has 0 radical (unpaired) electrons. The van der Waals surface area contributed by atoms with Crippen molar-refractivity contribution < 1.29 is 32.7 Å². The highest BCUT2D eigenvalue weighted by Crippen LogP contribution is 2.28. The monoisotopic (exact) mass is 465 g/mol. The predicted molar refractivity (Wildman–Crippen MR) is 113 cm³/mol. The highest BCUT2D eigenvalue weighted by molar-refractivity contribution is 7.14. The van der Waals surface area contributed by atoms with Crippen molar-refractivity contribution in [3.05, 3.63) is 52.4 Å². The minimum atomic E-state index is -2.74. The Kier molecular flexibility index (Phi) is 7.18. The molecule has 0 atom stereocenters. The maximum Gasteiger partial charge on any atom is 0.414 e. The van der Waals surface area contributed by atoms with Crippen LogP contribution in [0.4, 0.5) is 18.6 Å². The van der Waals surface area contributed by atoms with E-state index in [4.69, 9.17) is 0 Å². The van der Waals surface area contributed by atoms with Gasteiger partial charge in [-0.05, 0) is 42.6 Å². The van der Waals surface area contributed by atoms with Crippen LogP contribution in [0.2, 0.25) is 0 Å². The lowest BCUT2D eigenvalue weighted by Crippen LogP contribution is -2.42. The molecule has 1 aliphatic heterocycles. The van der Waals surface area contributed by atoms with E-state index in [1.165, 1.54) is 35.2 Å². The van der Waals surface area contributed by atoms with Crippen molar-refractivity contribution >= 4 is 40.2 Å². The number of thiophene rings is 1. The molecule has 0 saturated carbocycles. The van der Waals surface area contributed by atoms with Gasteiger partial charge in [0.15, 0.2) is 0 Å². The lowest BCUT2D eigenvalue weighted by atomic mass is 10.0. The molecule has 0 aliphatic carbocycles. The molecule has 1 fully saturated rings. The number of halogens is 2. The van der Waals surface area contributed by atoms with Crippen LogP contribution in [0.3, 0.4) is 0 Å². The van der Waals surface area contributed by atoms with Crippen molar-refractivity contribution in [2.24, 2.45) is 0 Å². The zero-order valence-corrected chi connectivity index (χ0v) is 18.0. The largest absolute Gasteiger partial charge is 0.450 e. The highest BCUT2D eigenvalue weighted by Gasteiger charge is 2.35. The smallest absolute Gasteiger partial charge is 0.414 e. The van der Waals surface area contributed by atoms with Crippen molar-refractivity contribution in [2.75, 3.05) is 25.0 Å². The molecule has 1 aliphatic rings. The molecular formula is C21H21F2N3O5S. The number of anilines is 1. The van der Waals surface area contributed by atoms with Crippen LogP contribution < -0.4 is 10.6 Å². The first kappa shape index (κ1) is 23.3. The van der Waals surface area contributed by atoms with Crippen molar-refractivity contribution in [2.45, 2.75) is 25.7 Å². The molecule has 2 aromatic rings. The van der Waals surface area contributed by atoms with Crippen LogP contribution in [0, 0.1) is 0 Å². The van der Waals surface area contributed by atoms with Gasteiger partial charge in [0, 0.05) is 37.1 Å². The van der Waals surface area contributed by atoms with Gasteiger partial charge in [-0.2, -0.15) is 0 Å². The summed E-state index contributed by atoms with van der Waals surface area (Å²) in [4.78, 5) is 50.1. The highest BCUT2D eigenvalue weighted by atomic mass is 32.1. The standard InChI is InChI=1S/C21H21F2N3O5S/c1-2-31-20(30)25-17(28)15-7-12-32-18(15)24-16(27)13-3-5-14(6-4-13)19(29)26-10-8-21(22,23)9-11-26/h3-7,12H,2,8-11H2,1H3,(H,24,27)(H,25,28,30). The molecule has 8 nitrogen and oxygen atoms in total. The Labute approximate surface area is 186 Å². The molecule has 2 heterocycles. The number of alkyl halides is 2. The number of likely N-dealkylation sites (tertiary alicyclic amines) is 1. The Morgan fingerprint density at radius 2 is 1.66 bits per heavy atom. The number of rotatable bonds is 5. The van der Waals surface area contributed by atoms with Gasteiger partial charge in [0.25, 0.3) is 23.6 Å². The van der Waals surface area contributed by atoms with Crippen molar-refractivity contribution in [3.63, 3.8) is 0 Å². The molecule has 1 aromatic carbocycles. The maximum absolute atomic E-state index is 13.3. The number of carbonyl (C=O) groups is 4. The fraction of sp³-hybridized carbons (Fsp3) is 0.333. The van der Waals surface area contributed by atoms with Gasteiger partial charge in [-0.1, -0.05) is 0 Å². The molecule has 0 bridgehead atoms. The lowest BCUT2D eigenvalue weighted by Gasteiger charge is -2.31. The van der Waals surface area contributed by atoms with E-state index < -0.39 is 23.8 Å². The number of ether oxygens (including phenoxy) is 1. The summed E-state index contributed by atoms with van der Waals surface area (Å²) in [5, 5.41) is 6.49. The van der Waals surface area contributed by atoms with Gasteiger partial charge in [0.1, 0.15) is 5.00 Å². The van der Waals surface area contributed by atoms with Gasteiger partial charge in [-0.25, -0.2) is 13.6 Å². The summed E-state index contributed by atoms with van der Waals surface area (Å²) < 4.78 is 31.2. The Morgan fingerprint density at radius 1 is 1.03 bits per heavy atom. The van der Waals surface area contributed by atoms with Crippen LogP contribution in [0.5, 0.6) is 0 Å². The third-order valence-electron chi connectivity index (χ3n) is 4.80. The second-order valence-corrected chi connectivity index (χ2v) is 7.93. The zero-order valence-electron chi connectivity index (χ0n) is 17.2. The van der Waals surface area contributed by atoms with Gasteiger partial charge in [0.2, 0.25) is 0 Å². The molecular weight excluding hydrogens is 444 g/mol. The summed E-state index contributed by atoms with van der Waals surface area (Å²) in [5.41, 5.74) is 0.624. The van der Waals surface area contributed by atoms with Crippen LogP contribution in [0.15, 0.2) is 35.7 Å². The third kappa shape index (κ3) is 5.67. The van der Waals surface area contributed by atoms with Crippen LogP contribution in [0.25, 0.3) is 0 Å². The molecule has 0 unspecified atom stereocenters. The van der Waals surface area contributed by atoms with E-state index in [2.05, 4.69) is 15.4 Å². The van der Waals surface area contributed by atoms with Gasteiger partial charge in [0.05, 0.1) is 12.2 Å². The minimum absolute atomic E-state index is 0.0247. The summed E-state index contributed by atoms with van der Waals surface area (Å²) in [6, 6.07) is 7.23. The molecule has 0 spiro atoms. The first-order chi connectivity index (χ1) is 15.2. The summed E-state index contributed by atoms with van der Waals surface area (Å²) >= 11 is 1.10. The first-order valence-corrected chi connectivity index (χ1v) is 10.7. The van der Waals surface area contributed by atoms with Crippen LogP contribution >= 0.6 is 11.3 Å². The Bertz CT molecular complexity index is 1010. The van der Waals surface area contributed by atoms with E-state index in [-0.39, 0.29) is 60.1 Å². The average Bonchev–Trinajstić information content (AvgIpc) is 3.21. The second kappa shape index (κ2) is 9.86. The number of hydrogen-bond donors (Lipinski definition) is 2. The number of carbonyl (C=O) groups excluding carboxylic acids is 4. The summed E-state index contributed by atoms with van der Waals surface area (Å²) in [7, 11) is 0. The number of piperidine rings is 1. The van der Waals surface area contributed by atoms with E-state index in [9.17, 15) is 28.0 Å². The molecule has 11 heteroatoms. The molecule has 2 N–H and O–H groups in total. The Hall–Kier alpha value is -3.34. The number of benzene rings is 1. The van der Waals surface area contributed by atoms with Gasteiger partial charge in [-0.3, -0.25) is 19.7 Å². The Balaban J connectivity index is 1.62. The first-order valence-electron chi connectivity index (χ1n) is 9.84. The molecule has 4 amide bonds. The van der Waals surface area contributed by atoms with Gasteiger partial charge < -0.3 is 15.0 Å². The van der Waals surface area contributed by atoms with Crippen LogP contribution in [-0.4, -0.2) is 54.3 Å².